The maximum atomic E-state index is 13.4. The van der Waals surface area contributed by atoms with Gasteiger partial charge in [0.1, 0.15) is 5.82 Å². The van der Waals surface area contributed by atoms with Gasteiger partial charge in [0.05, 0.1) is 6.26 Å². The van der Waals surface area contributed by atoms with Gasteiger partial charge >= 0.3 is 0 Å². The van der Waals surface area contributed by atoms with Gasteiger partial charge in [0, 0.05) is 29.9 Å². The molecular weight excluding hydrogens is 285 g/mol. The number of anilines is 1. The number of amides is 1. The van der Waals surface area contributed by atoms with Gasteiger partial charge in [-0.15, -0.1) is 0 Å². The van der Waals surface area contributed by atoms with Crippen LogP contribution in [0.4, 0.5) is 10.1 Å². The molecule has 0 aliphatic heterocycles. The lowest BCUT2D eigenvalue weighted by atomic mass is 10.1. The van der Waals surface area contributed by atoms with Crippen molar-refractivity contribution in [2.45, 2.75) is 13.3 Å². The second-order valence-electron chi connectivity index (χ2n) is 4.45. The van der Waals surface area contributed by atoms with Gasteiger partial charge in [-0.3, -0.25) is 4.79 Å². The van der Waals surface area contributed by atoms with Crippen LogP contribution in [0.1, 0.15) is 22.3 Å². The molecule has 0 fully saturated rings. The molecule has 0 aliphatic rings. The third-order valence-corrected chi connectivity index (χ3v) is 3.38. The highest BCUT2D eigenvalue weighted by atomic mass is 32.2. The number of carbonyl (C=O) groups excluding carboxylic acids is 1. The Bertz CT molecular complexity index is 579. The van der Waals surface area contributed by atoms with E-state index in [1.165, 1.54) is 13.0 Å². The van der Waals surface area contributed by atoms with Gasteiger partial charge in [0.25, 0.3) is 5.91 Å². The number of carbonyl (C=O) groups is 1. The Kier molecular flexibility index (Phi) is 5.46. The van der Waals surface area contributed by atoms with Crippen molar-refractivity contribution in [1.82, 2.24) is 10.0 Å². The first kappa shape index (κ1) is 16.4. The number of nitrogens with two attached hydrogens (primary N) is 1. The summed E-state index contributed by atoms with van der Waals surface area (Å²) < 4.78 is 37.3. The minimum absolute atomic E-state index is 0.140. The largest absolute Gasteiger partial charge is 0.398 e. The SMILES string of the molecule is Cc1c(N)cc(C(=O)NCCCNS(C)(=O)=O)cc1F. The average Bonchev–Trinajstić information content (AvgIpc) is 2.33. The second kappa shape index (κ2) is 6.67. The first-order valence-corrected chi connectivity index (χ1v) is 7.88. The first-order chi connectivity index (χ1) is 9.20. The van der Waals surface area contributed by atoms with Crippen molar-refractivity contribution in [3.8, 4) is 0 Å². The van der Waals surface area contributed by atoms with E-state index in [0.717, 1.165) is 12.3 Å². The summed E-state index contributed by atoms with van der Waals surface area (Å²) in [5.41, 5.74) is 6.25. The molecule has 0 saturated carbocycles. The van der Waals surface area contributed by atoms with Gasteiger partial charge in [0.15, 0.2) is 0 Å². The van der Waals surface area contributed by atoms with Crippen LogP contribution in [0.15, 0.2) is 12.1 Å². The molecule has 0 radical (unpaired) electrons. The summed E-state index contributed by atoms with van der Waals surface area (Å²) >= 11 is 0. The molecule has 4 N–H and O–H groups in total. The average molecular weight is 303 g/mol. The number of hydrogen-bond acceptors (Lipinski definition) is 4. The number of sulfonamides is 1. The van der Waals surface area contributed by atoms with E-state index in [9.17, 15) is 17.6 Å². The van der Waals surface area contributed by atoms with Crippen LogP contribution in [-0.4, -0.2) is 33.7 Å². The lowest BCUT2D eigenvalue weighted by molar-refractivity contribution is 0.0953. The van der Waals surface area contributed by atoms with Gasteiger partial charge in [-0.2, -0.15) is 0 Å². The normalized spacial score (nSPS) is 11.3. The molecule has 1 aromatic carbocycles. The number of benzene rings is 1. The summed E-state index contributed by atoms with van der Waals surface area (Å²) in [5.74, 6) is -0.983. The molecule has 0 unspecified atom stereocenters. The summed E-state index contributed by atoms with van der Waals surface area (Å²) in [6.45, 7) is 2.03. The Labute approximate surface area is 117 Å². The molecule has 8 heteroatoms. The molecule has 0 atom stereocenters. The highest BCUT2D eigenvalue weighted by Crippen LogP contribution is 2.17. The van der Waals surface area contributed by atoms with E-state index in [1.807, 2.05) is 0 Å². The fourth-order valence-electron chi connectivity index (χ4n) is 1.48. The van der Waals surface area contributed by atoms with Crippen molar-refractivity contribution in [2.24, 2.45) is 0 Å². The number of hydrogen-bond donors (Lipinski definition) is 3. The van der Waals surface area contributed by atoms with Crippen molar-refractivity contribution >= 4 is 21.6 Å². The smallest absolute Gasteiger partial charge is 0.251 e. The zero-order valence-corrected chi connectivity index (χ0v) is 12.2. The Morgan fingerprint density at radius 1 is 1.35 bits per heavy atom. The highest BCUT2D eigenvalue weighted by molar-refractivity contribution is 7.88. The van der Waals surface area contributed by atoms with Gasteiger partial charge in [-0.05, 0) is 25.5 Å². The summed E-state index contributed by atoms with van der Waals surface area (Å²) in [6, 6.07) is 2.53. The van der Waals surface area contributed by atoms with Gasteiger partial charge in [-0.1, -0.05) is 0 Å². The van der Waals surface area contributed by atoms with Crippen LogP contribution in [0.5, 0.6) is 0 Å². The fraction of sp³-hybridized carbons (Fsp3) is 0.417. The third-order valence-electron chi connectivity index (χ3n) is 2.65. The molecule has 6 nitrogen and oxygen atoms in total. The van der Waals surface area contributed by atoms with E-state index < -0.39 is 21.7 Å². The minimum atomic E-state index is -3.22. The molecule has 0 aliphatic carbocycles. The monoisotopic (exact) mass is 303 g/mol. The summed E-state index contributed by atoms with van der Waals surface area (Å²) in [7, 11) is -3.22. The standard InChI is InChI=1S/C12H18FN3O3S/c1-8-10(13)6-9(7-11(8)14)12(17)15-4-3-5-16-20(2,18)19/h6-7,16H,3-5,14H2,1-2H3,(H,15,17). The quantitative estimate of drug-likeness (QED) is 0.522. The van der Waals surface area contributed by atoms with Crippen LogP contribution >= 0.6 is 0 Å². The van der Waals surface area contributed by atoms with Gasteiger partial charge < -0.3 is 11.1 Å². The number of nitrogens with one attached hydrogen (secondary N) is 2. The third kappa shape index (κ3) is 5.14. The van der Waals surface area contributed by atoms with E-state index in [0.29, 0.717) is 12.0 Å². The number of nitrogen functional groups attached to an aromatic ring is 1. The van der Waals surface area contributed by atoms with E-state index in [1.54, 1.807) is 0 Å². The molecule has 0 bridgehead atoms. The first-order valence-electron chi connectivity index (χ1n) is 5.99. The molecule has 1 aromatic rings. The lowest BCUT2D eigenvalue weighted by Crippen LogP contribution is -2.29. The molecule has 20 heavy (non-hydrogen) atoms. The van der Waals surface area contributed by atoms with Crippen molar-refractivity contribution < 1.29 is 17.6 Å². The zero-order chi connectivity index (χ0) is 15.3. The molecule has 0 aromatic heterocycles. The fourth-order valence-corrected chi connectivity index (χ4v) is 2.00. The number of rotatable bonds is 6. The van der Waals surface area contributed by atoms with Crippen LogP contribution in [-0.2, 0) is 10.0 Å². The van der Waals surface area contributed by atoms with Crippen LogP contribution in [0, 0.1) is 12.7 Å². The molecular formula is C12H18FN3O3S. The maximum Gasteiger partial charge on any atom is 0.251 e. The van der Waals surface area contributed by atoms with E-state index in [2.05, 4.69) is 10.0 Å². The Morgan fingerprint density at radius 2 is 2.00 bits per heavy atom. The Morgan fingerprint density at radius 3 is 2.55 bits per heavy atom. The molecule has 112 valence electrons. The molecule has 0 heterocycles. The van der Waals surface area contributed by atoms with Crippen LogP contribution in [0.3, 0.4) is 0 Å². The van der Waals surface area contributed by atoms with E-state index in [4.69, 9.17) is 5.73 Å². The van der Waals surface area contributed by atoms with E-state index in [-0.39, 0.29) is 24.3 Å². The highest BCUT2D eigenvalue weighted by Gasteiger charge is 2.10. The van der Waals surface area contributed by atoms with Crippen molar-refractivity contribution in [3.63, 3.8) is 0 Å². The van der Waals surface area contributed by atoms with Crippen molar-refractivity contribution in [2.75, 3.05) is 25.1 Å². The minimum Gasteiger partial charge on any atom is -0.398 e. The molecule has 1 rings (SSSR count). The summed E-state index contributed by atoms with van der Waals surface area (Å²) in [4.78, 5) is 11.7. The maximum absolute atomic E-state index is 13.4. The molecule has 0 spiro atoms. The van der Waals surface area contributed by atoms with E-state index >= 15 is 0 Å². The summed E-state index contributed by atoms with van der Waals surface area (Å²) in [6.07, 6.45) is 1.49. The molecule has 0 saturated heterocycles. The Balaban J connectivity index is 2.48. The van der Waals surface area contributed by atoms with Crippen LogP contribution in [0.25, 0.3) is 0 Å². The Hall–Kier alpha value is -1.67. The van der Waals surface area contributed by atoms with Crippen LogP contribution < -0.4 is 15.8 Å². The van der Waals surface area contributed by atoms with Crippen molar-refractivity contribution in [3.05, 3.63) is 29.1 Å². The van der Waals surface area contributed by atoms with Crippen molar-refractivity contribution in [1.29, 1.82) is 0 Å². The number of halogens is 1. The topological polar surface area (TPSA) is 101 Å². The van der Waals surface area contributed by atoms with Gasteiger partial charge in [-0.25, -0.2) is 17.5 Å². The second-order valence-corrected chi connectivity index (χ2v) is 6.28. The van der Waals surface area contributed by atoms with Crippen LogP contribution in [0.2, 0.25) is 0 Å². The predicted octanol–water partition coefficient (Wildman–Crippen LogP) is 0.385. The lowest BCUT2D eigenvalue weighted by Gasteiger charge is -2.08. The zero-order valence-electron chi connectivity index (χ0n) is 11.4. The molecule has 1 amide bonds. The predicted molar refractivity (Wildman–Crippen MR) is 75.3 cm³/mol. The summed E-state index contributed by atoms with van der Waals surface area (Å²) in [5, 5.41) is 2.56. The van der Waals surface area contributed by atoms with Gasteiger partial charge in [0.2, 0.25) is 10.0 Å².